The lowest BCUT2D eigenvalue weighted by Gasteiger charge is -2.32. The van der Waals surface area contributed by atoms with E-state index in [9.17, 15) is 33.9 Å². The fraction of sp³-hybridized carbons (Fsp3) is 0.500. The molecule has 16 nitrogen and oxygen atoms in total. The number of imide groups is 2. The van der Waals surface area contributed by atoms with Gasteiger partial charge in [0.15, 0.2) is 0 Å². The SMILES string of the molecule is O=C1CCC(N2C(=O)c3ccc(NCCCCCCCCC(=O)N4CCC(Nc5cc(C(=O)NC[C@H](O)CN6CCc7ccccc7C6)ncn5)CC4)cc3C2=O)C(=O)N1. The number of amides is 6. The zero-order valence-corrected chi connectivity index (χ0v) is 34.0. The first-order valence-corrected chi connectivity index (χ1v) is 21.3. The van der Waals surface area contributed by atoms with E-state index in [2.05, 4.69) is 54.3 Å². The number of rotatable bonds is 18. The molecular formula is C44H55N9O7. The topological polar surface area (TPSA) is 206 Å². The zero-order chi connectivity index (χ0) is 42.0. The van der Waals surface area contributed by atoms with E-state index in [1.165, 1.54) is 17.5 Å². The Balaban J connectivity index is 0.724. The fourth-order valence-electron chi connectivity index (χ4n) is 8.50. The molecule has 5 heterocycles. The summed E-state index contributed by atoms with van der Waals surface area (Å²) in [6.07, 6.45) is 9.77. The molecule has 0 spiro atoms. The van der Waals surface area contributed by atoms with Crippen LogP contribution in [-0.2, 0) is 27.3 Å². The van der Waals surface area contributed by atoms with E-state index >= 15 is 0 Å². The van der Waals surface area contributed by atoms with Crippen LogP contribution < -0.4 is 21.3 Å². The maximum absolute atomic E-state index is 13.1. The summed E-state index contributed by atoms with van der Waals surface area (Å²) >= 11 is 0. The first kappa shape index (κ1) is 42.4. The molecule has 0 bridgehead atoms. The number of piperidine rings is 2. The van der Waals surface area contributed by atoms with E-state index < -0.39 is 35.8 Å². The number of benzene rings is 2. The minimum absolute atomic E-state index is 0.0811. The molecule has 60 heavy (non-hydrogen) atoms. The second-order valence-corrected chi connectivity index (χ2v) is 16.2. The molecule has 3 aromatic rings. The molecule has 2 aromatic carbocycles. The highest BCUT2D eigenvalue weighted by molar-refractivity contribution is 6.23. The molecule has 2 atom stereocenters. The van der Waals surface area contributed by atoms with Crippen LogP contribution >= 0.6 is 0 Å². The standard InChI is InChI=1S/C44H55N9O7/c54-33(27-51-20-16-29-9-6-7-10-30(29)26-51)25-46-41(57)36-24-38(48-28-47-36)49-31-17-21-52(22-18-31)40(56)11-5-3-1-2-4-8-19-45-32-12-13-34-35(23-32)44(60)53(43(34)59)37-14-15-39(55)50-42(37)58/h6-7,9-10,12-13,23-24,28,31,33,37,45,54H,1-5,8,11,14-22,25-27H2,(H,46,57)(H,47,48,49)(H,50,55,58)/t33-,37?/m0/s1. The third-order valence-electron chi connectivity index (χ3n) is 11.9. The molecule has 1 unspecified atom stereocenters. The average Bonchev–Trinajstić information content (AvgIpc) is 3.50. The number of aromatic nitrogens is 2. The van der Waals surface area contributed by atoms with Gasteiger partial charge in [0.05, 0.1) is 17.2 Å². The Bertz CT molecular complexity index is 2070. The van der Waals surface area contributed by atoms with Gasteiger partial charge in [-0.2, -0.15) is 0 Å². The number of β-amino-alcohol motifs (C(OH)–C–C–N with tert-alkyl or cyclic N) is 1. The largest absolute Gasteiger partial charge is 0.390 e. The molecule has 0 radical (unpaired) electrons. The van der Waals surface area contributed by atoms with Crippen LogP contribution in [0, 0.1) is 0 Å². The first-order chi connectivity index (χ1) is 29.1. The van der Waals surface area contributed by atoms with E-state index in [0.29, 0.717) is 38.4 Å². The van der Waals surface area contributed by atoms with Gasteiger partial charge in [-0.1, -0.05) is 49.9 Å². The van der Waals surface area contributed by atoms with Gasteiger partial charge in [0.2, 0.25) is 17.7 Å². The lowest BCUT2D eigenvalue weighted by atomic mass is 10.00. The summed E-state index contributed by atoms with van der Waals surface area (Å²) in [4.78, 5) is 89.2. The molecule has 16 heteroatoms. The van der Waals surface area contributed by atoms with Crippen molar-refractivity contribution in [2.75, 3.05) is 49.9 Å². The van der Waals surface area contributed by atoms with Crippen molar-refractivity contribution in [2.45, 2.75) is 102 Å². The van der Waals surface area contributed by atoms with Crippen LogP contribution in [0.4, 0.5) is 11.5 Å². The van der Waals surface area contributed by atoms with Crippen molar-refractivity contribution in [3.63, 3.8) is 0 Å². The highest BCUT2D eigenvalue weighted by Crippen LogP contribution is 2.30. The summed E-state index contributed by atoms with van der Waals surface area (Å²) < 4.78 is 0. The van der Waals surface area contributed by atoms with Gasteiger partial charge in [-0.25, -0.2) is 9.97 Å². The third-order valence-corrected chi connectivity index (χ3v) is 11.9. The van der Waals surface area contributed by atoms with Gasteiger partial charge in [-0.3, -0.25) is 43.9 Å². The molecule has 2 fully saturated rings. The minimum atomic E-state index is -0.982. The lowest BCUT2D eigenvalue weighted by molar-refractivity contribution is -0.136. The molecular weight excluding hydrogens is 767 g/mol. The molecule has 4 aliphatic rings. The second-order valence-electron chi connectivity index (χ2n) is 16.2. The quantitative estimate of drug-likeness (QED) is 0.0927. The Morgan fingerprint density at radius 3 is 2.38 bits per heavy atom. The summed E-state index contributed by atoms with van der Waals surface area (Å²) in [6, 6.07) is 14.1. The van der Waals surface area contributed by atoms with Gasteiger partial charge >= 0.3 is 0 Å². The second kappa shape index (κ2) is 20.0. The molecule has 0 aliphatic carbocycles. The highest BCUT2D eigenvalue weighted by atomic mass is 16.3. The summed E-state index contributed by atoms with van der Waals surface area (Å²) in [5.41, 5.74) is 4.11. The fourth-order valence-corrected chi connectivity index (χ4v) is 8.50. The molecule has 318 valence electrons. The number of anilines is 2. The number of unbranched alkanes of at least 4 members (excludes halogenated alkanes) is 5. The van der Waals surface area contributed by atoms with E-state index in [1.807, 2.05) is 11.0 Å². The minimum Gasteiger partial charge on any atom is -0.390 e. The van der Waals surface area contributed by atoms with E-state index in [1.54, 1.807) is 24.3 Å². The number of nitrogens with one attached hydrogen (secondary N) is 4. The van der Waals surface area contributed by atoms with Gasteiger partial charge in [0, 0.05) is 76.5 Å². The van der Waals surface area contributed by atoms with Crippen LogP contribution in [0.2, 0.25) is 0 Å². The number of hydrogen-bond acceptors (Lipinski definition) is 12. The van der Waals surface area contributed by atoms with Crippen molar-refractivity contribution in [2.24, 2.45) is 0 Å². The van der Waals surface area contributed by atoms with Crippen LogP contribution in [0.5, 0.6) is 0 Å². The molecule has 0 saturated carbocycles. The molecule has 7 rings (SSSR count). The zero-order valence-electron chi connectivity index (χ0n) is 34.0. The normalized spacial score (nSPS) is 18.8. The van der Waals surface area contributed by atoms with Crippen LogP contribution in [-0.4, -0.2) is 123 Å². The predicted molar refractivity (Wildman–Crippen MR) is 223 cm³/mol. The maximum atomic E-state index is 13.1. The highest BCUT2D eigenvalue weighted by Gasteiger charge is 2.44. The van der Waals surface area contributed by atoms with Crippen molar-refractivity contribution in [3.8, 4) is 0 Å². The van der Waals surface area contributed by atoms with E-state index in [0.717, 1.165) is 81.5 Å². The van der Waals surface area contributed by atoms with Crippen molar-refractivity contribution >= 4 is 46.9 Å². The Morgan fingerprint density at radius 2 is 1.58 bits per heavy atom. The molecule has 6 amide bonds. The van der Waals surface area contributed by atoms with Gasteiger partial charge in [-0.15, -0.1) is 0 Å². The summed E-state index contributed by atoms with van der Waals surface area (Å²) in [5.74, 6) is -1.69. The summed E-state index contributed by atoms with van der Waals surface area (Å²) in [5, 5.41) is 22.4. The number of nitrogens with zero attached hydrogens (tertiary/aromatic N) is 5. The smallest absolute Gasteiger partial charge is 0.270 e. The molecule has 5 N–H and O–H groups in total. The van der Waals surface area contributed by atoms with Crippen molar-refractivity contribution in [3.05, 3.63) is 82.8 Å². The van der Waals surface area contributed by atoms with E-state index in [4.69, 9.17) is 0 Å². The van der Waals surface area contributed by atoms with Crippen LogP contribution in [0.25, 0.3) is 0 Å². The van der Waals surface area contributed by atoms with Crippen LogP contribution in [0.1, 0.15) is 113 Å². The summed E-state index contributed by atoms with van der Waals surface area (Å²) in [6.45, 7) is 4.29. The molecule has 2 saturated heterocycles. The predicted octanol–water partition coefficient (Wildman–Crippen LogP) is 3.27. The number of likely N-dealkylation sites (tertiary alicyclic amines) is 1. The lowest BCUT2D eigenvalue weighted by Crippen LogP contribution is -2.54. The average molecular weight is 822 g/mol. The van der Waals surface area contributed by atoms with Crippen molar-refractivity contribution in [1.82, 2.24) is 35.3 Å². The Kier molecular flexibility index (Phi) is 14.1. The number of carbonyl (C=O) groups excluding carboxylic acids is 6. The Morgan fingerprint density at radius 1 is 0.833 bits per heavy atom. The number of hydrogen-bond donors (Lipinski definition) is 5. The number of aliphatic hydroxyl groups is 1. The van der Waals surface area contributed by atoms with Gasteiger partial charge in [0.25, 0.3) is 17.7 Å². The van der Waals surface area contributed by atoms with Gasteiger partial charge < -0.3 is 26.0 Å². The number of fused-ring (bicyclic) bond motifs is 2. The maximum Gasteiger partial charge on any atom is 0.270 e. The number of aliphatic hydroxyl groups excluding tert-OH is 1. The van der Waals surface area contributed by atoms with E-state index in [-0.39, 0.29) is 54.1 Å². The van der Waals surface area contributed by atoms with Gasteiger partial charge in [0.1, 0.15) is 23.9 Å². The number of carbonyl (C=O) groups is 6. The van der Waals surface area contributed by atoms with Crippen LogP contribution in [0.3, 0.4) is 0 Å². The van der Waals surface area contributed by atoms with Crippen molar-refractivity contribution in [1.29, 1.82) is 0 Å². The first-order valence-electron chi connectivity index (χ1n) is 21.3. The van der Waals surface area contributed by atoms with Crippen LogP contribution in [0.15, 0.2) is 54.9 Å². The monoisotopic (exact) mass is 821 g/mol. The van der Waals surface area contributed by atoms with Gasteiger partial charge in [-0.05, 0) is 67.9 Å². The molecule has 1 aromatic heterocycles. The Hall–Kier alpha value is -5.74. The third kappa shape index (κ3) is 10.7. The van der Waals surface area contributed by atoms with Crippen molar-refractivity contribution < 1.29 is 33.9 Å². The molecule has 4 aliphatic heterocycles. The summed E-state index contributed by atoms with van der Waals surface area (Å²) in [7, 11) is 0. The Labute approximate surface area is 349 Å².